The van der Waals surface area contributed by atoms with Gasteiger partial charge in [-0.1, -0.05) is 222 Å². The number of hydrogen-bond acceptors (Lipinski definition) is 4. The SMILES string of the molecule is CC(C)c1ccc(NC(C2=C(c3ccccc3)CC=CC=C2)c2cccc(-c3cccc4ccccc34)n2)cc1.CCC(C)c1ccc(NC(c2ccccc2)c2cccc(-c3ccccc3)n2)cc1. The van der Waals surface area contributed by atoms with Gasteiger partial charge in [0.1, 0.15) is 0 Å². The Balaban J connectivity index is 0.000000181. The van der Waals surface area contributed by atoms with E-state index in [2.05, 4.69) is 275 Å². The van der Waals surface area contributed by atoms with E-state index in [1.807, 2.05) is 6.07 Å². The Hall–Kier alpha value is -8.08. The lowest BCUT2D eigenvalue weighted by atomic mass is 9.90. The molecule has 3 unspecified atom stereocenters. The molecule has 0 amide bonds. The van der Waals surface area contributed by atoms with E-state index in [1.165, 1.54) is 44.2 Å². The van der Waals surface area contributed by atoms with Crippen LogP contribution in [-0.2, 0) is 0 Å². The average molecular weight is 911 g/mol. The smallest absolute Gasteiger partial charge is 0.0943 e. The zero-order valence-electron chi connectivity index (χ0n) is 40.7. The first-order valence-corrected chi connectivity index (χ1v) is 24.8. The van der Waals surface area contributed by atoms with Crippen LogP contribution in [0.1, 0.15) is 98.1 Å². The third-order valence-electron chi connectivity index (χ3n) is 13.3. The molecule has 70 heavy (non-hydrogen) atoms. The third kappa shape index (κ3) is 11.4. The normalized spacial score (nSPS) is 13.5. The van der Waals surface area contributed by atoms with Gasteiger partial charge in [-0.15, -0.1) is 0 Å². The van der Waals surface area contributed by atoms with E-state index in [9.17, 15) is 0 Å². The lowest BCUT2D eigenvalue weighted by molar-refractivity contribution is 0.733. The van der Waals surface area contributed by atoms with Crippen LogP contribution in [0.2, 0.25) is 0 Å². The number of anilines is 2. The summed E-state index contributed by atoms with van der Waals surface area (Å²) in [4.78, 5) is 10.3. The quantitative estimate of drug-likeness (QED) is 0.114. The van der Waals surface area contributed by atoms with Crippen LogP contribution in [0, 0.1) is 0 Å². The van der Waals surface area contributed by atoms with Gasteiger partial charge in [0.25, 0.3) is 0 Å². The predicted octanol–water partition coefficient (Wildman–Crippen LogP) is 17.6. The number of allylic oxidation sites excluding steroid dienone is 4. The van der Waals surface area contributed by atoms with Gasteiger partial charge in [0.2, 0.25) is 0 Å². The van der Waals surface area contributed by atoms with E-state index in [4.69, 9.17) is 9.97 Å². The second kappa shape index (κ2) is 22.8. The summed E-state index contributed by atoms with van der Waals surface area (Å²) >= 11 is 0. The van der Waals surface area contributed by atoms with Crippen molar-refractivity contribution in [2.24, 2.45) is 0 Å². The van der Waals surface area contributed by atoms with Crippen molar-refractivity contribution in [2.45, 2.75) is 64.5 Å². The molecule has 2 heterocycles. The van der Waals surface area contributed by atoms with Gasteiger partial charge in [0, 0.05) is 22.5 Å². The maximum atomic E-state index is 5.32. The zero-order chi connectivity index (χ0) is 48.1. The van der Waals surface area contributed by atoms with Crippen molar-refractivity contribution in [3.8, 4) is 22.5 Å². The van der Waals surface area contributed by atoms with Crippen molar-refractivity contribution in [2.75, 3.05) is 10.6 Å². The highest BCUT2D eigenvalue weighted by Gasteiger charge is 2.23. The van der Waals surface area contributed by atoms with Gasteiger partial charge in [0.15, 0.2) is 0 Å². The predicted molar refractivity (Wildman–Crippen MR) is 297 cm³/mol. The summed E-state index contributed by atoms with van der Waals surface area (Å²) in [7, 11) is 0. The highest BCUT2D eigenvalue weighted by Crippen LogP contribution is 2.38. The van der Waals surface area contributed by atoms with E-state index in [0.29, 0.717) is 11.8 Å². The van der Waals surface area contributed by atoms with Gasteiger partial charge in [0.05, 0.1) is 34.9 Å². The molecule has 4 heteroatoms. The molecule has 9 aromatic rings. The zero-order valence-corrected chi connectivity index (χ0v) is 40.7. The molecule has 0 bridgehead atoms. The summed E-state index contributed by atoms with van der Waals surface area (Å²) < 4.78 is 0. The van der Waals surface area contributed by atoms with E-state index in [-0.39, 0.29) is 12.1 Å². The van der Waals surface area contributed by atoms with Crippen LogP contribution in [-0.4, -0.2) is 9.97 Å². The fourth-order valence-corrected chi connectivity index (χ4v) is 9.16. The fourth-order valence-electron chi connectivity index (χ4n) is 9.16. The highest BCUT2D eigenvalue weighted by molar-refractivity contribution is 5.95. The molecule has 0 aliphatic heterocycles. The number of aromatic nitrogens is 2. The Morgan fingerprint density at radius 3 is 1.67 bits per heavy atom. The van der Waals surface area contributed by atoms with Crippen LogP contribution in [0.15, 0.2) is 248 Å². The van der Waals surface area contributed by atoms with Crippen molar-refractivity contribution in [1.82, 2.24) is 9.97 Å². The molecular formula is C66H62N4. The summed E-state index contributed by atoms with van der Waals surface area (Å²) in [5.41, 5.74) is 16.1. The summed E-state index contributed by atoms with van der Waals surface area (Å²) in [5, 5.41) is 10.0. The molecule has 0 spiro atoms. The molecule has 3 atom stereocenters. The van der Waals surface area contributed by atoms with Crippen LogP contribution in [0.5, 0.6) is 0 Å². The molecular weight excluding hydrogens is 849 g/mol. The molecule has 1 aliphatic carbocycles. The van der Waals surface area contributed by atoms with E-state index in [1.54, 1.807) is 0 Å². The van der Waals surface area contributed by atoms with Crippen molar-refractivity contribution in [1.29, 1.82) is 0 Å². The molecule has 0 fully saturated rings. The summed E-state index contributed by atoms with van der Waals surface area (Å²) in [6.45, 7) is 8.96. The van der Waals surface area contributed by atoms with Crippen LogP contribution in [0.4, 0.5) is 11.4 Å². The van der Waals surface area contributed by atoms with Crippen molar-refractivity contribution < 1.29 is 0 Å². The van der Waals surface area contributed by atoms with Gasteiger partial charge in [-0.3, -0.25) is 9.97 Å². The van der Waals surface area contributed by atoms with Crippen molar-refractivity contribution >= 4 is 27.7 Å². The molecule has 4 nitrogen and oxygen atoms in total. The van der Waals surface area contributed by atoms with E-state index < -0.39 is 0 Å². The number of fused-ring (bicyclic) bond motifs is 1. The molecule has 0 saturated heterocycles. The number of nitrogens with zero attached hydrogens (tertiary/aromatic N) is 2. The van der Waals surface area contributed by atoms with Gasteiger partial charge < -0.3 is 10.6 Å². The minimum absolute atomic E-state index is 0.0238. The van der Waals surface area contributed by atoms with Gasteiger partial charge in [-0.25, -0.2) is 0 Å². The number of benzene rings is 7. The second-order valence-corrected chi connectivity index (χ2v) is 18.4. The fraction of sp³-hybridized carbons (Fsp3) is 0.152. The molecule has 2 aromatic heterocycles. The average Bonchev–Trinajstić information content (AvgIpc) is 3.69. The summed E-state index contributed by atoms with van der Waals surface area (Å²) in [6.07, 6.45) is 10.8. The Labute approximate surface area is 415 Å². The molecule has 1 aliphatic rings. The molecule has 7 aromatic carbocycles. The maximum Gasteiger partial charge on any atom is 0.0943 e. The lowest BCUT2D eigenvalue weighted by Crippen LogP contribution is -2.16. The number of rotatable bonds is 14. The van der Waals surface area contributed by atoms with Crippen molar-refractivity contribution in [3.05, 3.63) is 282 Å². The molecule has 346 valence electrons. The first-order valence-electron chi connectivity index (χ1n) is 24.8. The molecule has 10 rings (SSSR count). The lowest BCUT2D eigenvalue weighted by Gasteiger charge is -2.25. The Morgan fingerprint density at radius 1 is 0.457 bits per heavy atom. The van der Waals surface area contributed by atoms with Crippen LogP contribution in [0.3, 0.4) is 0 Å². The van der Waals surface area contributed by atoms with Crippen molar-refractivity contribution in [3.63, 3.8) is 0 Å². The first kappa shape index (κ1) is 47.0. The standard InChI is InChI=1S/C38H34N2.C28H28N2/c1-27(2)28-23-25-31(26-24-28)39-38(35-19-8-4-7-17-33(35)29-13-5-3-6-14-29)37-22-12-21-36(40-37)34-20-11-16-30-15-9-10-18-32(30)34;1-3-21(2)22-17-19-25(20-18-22)29-28(24-13-8-5-9-14-24)27-16-10-15-26(30-27)23-11-6-4-7-12-23/h3-16,18-27,38-39H,17H2,1-2H3;4-21,28-29H,3H2,1-2H3. The number of hydrogen-bond donors (Lipinski definition) is 2. The molecule has 0 saturated carbocycles. The minimum atomic E-state index is -0.133. The largest absolute Gasteiger partial charge is 0.373 e. The van der Waals surface area contributed by atoms with E-state index >= 15 is 0 Å². The van der Waals surface area contributed by atoms with E-state index in [0.717, 1.165) is 58.1 Å². The Bertz CT molecular complexity index is 3180. The van der Waals surface area contributed by atoms with Crippen LogP contribution in [0.25, 0.3) is 38.9 Å². The third-order valence-corrected chi connectivity index (χ3v) is 13.3. The second-order valence-electron chi connectivity index (χ2n) is 18.4. The summed E-state index contributed by atoms with van der Waals surface area (Å²) in [6, 6.07) is 76.7. The highest BCUT2D eigenvalue weighted by atomic mass is 15.0. The monoisotopic (exact) mass is 910 g/mol. The van der Waals surface area contributed by atoms with Gasteiger partial charge >= 0.3 is 0 Å². The maximum absolute atomic E-state index is 5.32. The minimum Gasteiger partial charge on any atom is -0.373 e. The Kier molecular flexibility index (Phi) is 15.3. The van der Waals surface area contributed by atoms with Crippen LogP contribution >= 0.6 is 0 Å². The van der Waals surface area contributed by atoms with Gasteiger partial charge in [-0.2, -0.15) is 0 Å². The number of nitrogens with one attached hydrogen (secondary N) is 2. The number of pyridine rings is 2. The topological polar surface area (TPSA) is 49.8 Å². The molecule has 2 N–H and O–H groups in total. The Morgan fingerprint density at radius 2 is 1.00 bits per heavy atom. The molecule has 0 radical (unpaired) electrons. The first-order chi connectivity index (χ1) is 34.4. The summed E-state index contributed by atoms with van der Waals surface area (Å²) in [5.74, 6) is 1.07. The van der Waals surface area contributed by atoms with Crippen LogP contribution < -0.4 is 10.6 Å². The van der Waals surface area contributed by atoms with Gasteiger partial charge in [-0.05, 0) is 117 Å².